The standard InChI is InChI=1S/C19H26F3N5O3S/c1-10(2)5-12(9-28)23-18-24-17(25-19(26-18)27-31(4,29)30)6-11(3)13-7-15(21)16(22)8-14(13)20/h7-8,10-12,28H,5-6,9H2,1-4H3,(H2,23,24,25,26,27)/t11-,12-/m1/s1. The van der Waals surface area contributed by atoms with Crippen molar-refractivity contribution < 1.29 is 26.7 Å². The zero-order chi connectivity index (χ0) is 23.3. The van der Waals surface area contributed by atoms with Crippen LogP contribution >= 0.6 is 0 Å². The van der Waals surface area contributed by atoms with E-state index in [2.05, 4.69) is 25.0 Å². The van der Waals surface area contributed by atoms with Gasteiger partial charge < -0.3 is 10.4 Å². The first-order valence-corrected chi connectivity index (χ1v) is 11.5. The number of aliphatic hydroxyl groups excluding tert-OH is 1. The molecule has 0 spiro atoms. The Labute approximate surface area is 179 Å². The summed E-state index contributed by atoms with van der Waals surface area (Å²) in [6, 6.07) is 0.855. The highest BCUT2D eigenvalue weighted by Gasteiger charge is 2.20. The van der Waals surface area contributed by atoms with Gasteiger partial charge in [0.2, 0.25) is 21.9 Å². The van der Waals surface area contributed by atoms with Crippen molar-refractivity contribution in [1.82, 2.24) is 15.0 Å². The number of rotatable bonds is 10. The van der Waals surface area contributed by atoms with E-state index in [4.69, 9.17) is 0 Å². The summed E-state index contributed by atoms with van der Waals surface area (Å²) >= 11 is 0. The molecule has 1 aromatic heterocycles. The third-order valence-corrected chi connectivity index (χ3v) is 4.88. The van der Waals surface area contributed by atoms with Gasteiger partial charge in [0.05, 0.1) is 18.9 Å². The van der Waals surface area contributed by atoms with E-state index < -0.39 is 33.4 Å². The quantitative estimate of drug-likeness (QED) is 0.466. The Hall–Kier alpha value is -2.47. The second-order valence-electron chi connectivity index (χ2n) is 7.82. The van der Waals surface area contributed by atoms with Crippen LogP contribution in [0.25, 0.3) is 0 Å². The van der Waals surface area contributed by atoms with Crippen LogP contribution in [0.1, 0.15) is 44.5 Å². The number of sulfonamides is 1. The zero-order valence-corrected chi connectivity index (χ0v) is 18.5. The minimum Gasteiger partial charge on any atom is -0.394 e. The number of benzene rings is 1. The van der Waals surface area contributed by atoms with E-state index in [1.807, 2.05) is 13.8 Å². The fourth-order valence-corrected chi connectivity index (χ4v) is 3.44. The molecule has 1 aromatic carbocycles. The fraction of sp³-hybridized carbons (Fsp3) is 0.526. The second-order valence-corrected chi connectivity index (χ2v) is 9.57. The summed E-state index contributed by atoms with van der Waals surface area (Å²) in [6.07, 6.45) is 1.52. The monoisotopic (exact) mass is 461 g/mol. The van der Waals surface area contributed by atoms with Crippen LogP contribution in [0, 0.1) is 23.4 Å². The van der Waals surface area contributed by atoms with Crippen molar-refractivity contribution in [3.63, 3.8) is 0 Å². The summed E-state index contributed by atoms with van der Waals surface area (Å²) in [5, 5.41) is 12.5. The van der Waals surface area contributed by atoms with E-state index in [9.17, 15) is 26.7 Å². The van der Waals surface area contributed by atoms with Gasteiger partial charge >= 0.3 is 0 Å². The highest BCUT2D eigenvalue weighted by Crippen LogP contribution is 2.25. The van der Waals surface area contributed by atoms with Gasteiger partial charge in [-0.1, -0.05) is 20.8 Å². The SMILES string of the molecule is CC(C)C[C@H](CO)Nc1nc(C[C@@H](C)c2cc(F)c(F)cc2F)nc(NS(C)(=O)=O)n1. The number of anilines is 2. The molecule has 0 saturated carbocycles. The molecule has 0 aliphatic heterocycles. The summed E-state index contributed by atoms with van der Waals surface area (Å²) < 4.78 is 66.3. The number of hydrogen-bond acceptors (Lipinski definition) is 7. The second kappa shape index (κ2) is 10.2. The lowest BCUT2D eigenvalue weighted by Gasteiger charge is -2.19. The van der Waals surface area contributed by atoms with E-state index in [-0.39, 0.29) is 48.3 Å². The maximum Gasteiger partial charge on any atom is 0.241 e. The van der Waals surface area contributed by atoms with Crippen LogP contribution in [0.4, 0.5) is 25.1 Å². The van der Waals surface area contributed by atoms with Crippen LogP contribution < -0.4 is 10.0 Å². The largest absolute Gasteiger partial charge is 0.394 e. The minimum absolute atomic E-state index is 0.00833. The zero-order valence-electron chi connectivity index (χ0n) is 17.7. The smallest absolute Gasteiger partial charge is 0.241 e. The molecule has 172 valence electrons. The third-order valence-electron chi connectivity index (χ3n) is 4.33. The van der Waals surface area contributed by atoms with Gasteiger partial charge in [-0.2, -0.15) is 15.0 Å². The van der Waals surface area contributed by atoms with Crippen LogP contribution in [0.2, 0.25) is 0 Å². The molecule has 3 N–H and O–H groups in total. The maximum absolute atomic E-state index is 14.1. The molecule has 0 fully saturated rings. The van der Waals surface area contributed by atoms with Crippen LogP contribution in [0.5, 0.6) is 0 Å². The van der Waals surface area contributed by atoms with Crippen molar-refractivity contribution in [2.24, 2.45) is 5.92 Å². The molecular formula is C19H26F3N5O3S. The van der Waals surface area contributed by atoms with Crippen molar-refractivity contribution >= 4 is 21.9 Å². The number of nitrogens with zero attached hydrogens (tertiary/aromatic N) is 3. The predicted molar refractivity (Wildman–Crippen MR) is 111 cm³/mol. The Morgan fingerprint density at radius 2 is 1.61 bits per heavy atom. The molecule has 2 atom stereocenters. The molecule has 0 amide bonds. The van der Waals surface area contributed by atoms with Gasteiger partial charge in [-0.3, -0.25) is 4.72 Å². The predicted octanol–water partition coefficient (Wildman–Crippen LogP) is 2.83. The van der Waals surface area contributed by atoms with Gasteiger partial charge in [0, 0.05) is 12.5 Å². The summed E-state index contributed by atoms with van der Waals surface area (Å²) in [6.45, 7) is 5.31. The van der Waals surface area contributed by atoms with E-state index in [1.54, 1.807) is 6.92 Å². The lowest BCUT2D eigenvalue weighted by Crippen LogP contribution is -2.27. The van der Waals surface area contributed by atoms with E-state index in [0.717, 1.165) is 12.3 Å². The summed E-state index contributed by atoms with van der Waals surface area (Å²) in [5.41, 5.74) is -0.0699. The molecule has 0 unspecified atom stereocenters. The average molecular weight is 462 g/mol. The Morgan fingerprint density at radius 3 is 2.19 bits per heavy atom. The van der Waals surface area contributed by atoms with Crippen molar-refractivity contribution in [2.75, 3.05) is 22.9 Å². The molecule has 31 heavy (non-hydrogen) atoms. The van der Waals surface area contributed by atoms with Crippen molar-refractivity contribution in [2.45, 2.75) is 45.6 Å². The van der Waals surface area contributed by atoms with Gasteiger partial charge in [-0.15, -0.1) is 0 Å². The van der Waals surface area contributed by atoms with Crippen LogP contribution in [-0.2, 0) is 16.4 Å². The Kier molecular flexibility index (Phi) is 8.18. The number of aromatic nitrogens is 3. The third kappa shape index (κ3) is 7.62. The van der Waals surface area contributed by atoms with Crippen LogP contribution in [-0.4, -0.2) is 47.4 Å². The van der Waals surface area contributed by atoms with Crippen molar-refractivity contribution in [1.29, 1.82) is 0 Å². The molecule has 8 nitrogen and oxygen atoms in total. The lowest BCUT2D eigenvalue weighted by atomic mass is 9.96. The first-order chi connectivity index (χ1) is 14.4. The molecule has 0 saturated heterocycles. The van der Waals surface area contributed by atoms with E-state index in [0.29, 0.717) is 12.5 Å². The minimum atomic E-state index is -3.69. The molecule has 12 heteroatoms. The first-order valence-electron chi connectivity index (χ1n) is 9.62. The van der Waals surface area contributed by atoms with Gasteiger partial charge in [-0.25, -0.2) is 21.6 Å². The molecule has 0 aliphatic rings. The Balaban J connectivity index is 2.36. The molecule has 0 radical (unpaired) electrons. The van der Waals surface area contributed by atoms with Gasteiger partial charge in [0.25, 0.3) is 0 Å². The highest BCUT2D eigenvalue weighted by atomic mass is 32.2. The van der Waals surface area contributed by atoms with E-state index in [1.165, 1.54) is 0 Å². The number of halogens is 3. The number of aliphatic hydroxyl groups is 1. The summed E-state index contributed by atoms with van der Waals surface area (Å²) in [5.74, 6) is -3.91. The highest BCUT2D eigenvalue weighted by molar-refractivity contribution is 7.91. The molecule has 2 rings (SSSR count). The Bertz CT molecular complexity index is 1020. The topological polar surface area (TPSA) is 117 Å². The maximum atomic E-state index is 14.1. The molecule has 1 heterocycles. The average Bonchev–Trinajstić information content (AvgIpc) is 2.62. The molecule has 0 bridgehead atoms. The molecule has 2 aromatic rings. The molecule has 0 aliphatic carbocycles. The fourth-order valence-electron chi connectivity index (χ4n) is 3.02. The summed E-state index contributed by atoms with van der Waals surface area (Å²) in [4.78, 5) is 12.3. The van der Waals surface area contributed by atoms with Crippen LogP contribution in [0.15, 0.2) is 12.1 Å². The first kappa shape index (κ1) is 24.8. The number of nitrogens with one attached hydrogen (secondary N) is 2. The van der Waals surface area contributed by atoms with E-state index >= 15 is 0 Å². The number of hydrogen-bond donors (Lipinski definition) is 3. The van der Waals surface area contributed by atoms with Crippen LogP contribution in [0.3, 0.4) is 0 Å². The normalized spacial score (nSPS) is 13.8. The summed E-state index contributed by atoms with van der Waals surface area (Å²) in [7, 11) is -3.69. The van der Waals surface area contributed by atoms with Gasteiger partial charge in [0.15, 0.2) is 11.6 Å². The van der Waals surface area contributed by atoms with Crippen molar-refractivity contribution in [3.8, 4) is 0 Å². The van der Waals surface area contributed by atoms with Gasteiger partial charge in [-0.05, 0) is 29.9 Å². The Morgan fingerprint density at radius 1 is 1.00 bits per heavy atom. The van der Waals surface area contributed by atoms with Crippen molar-refractivity contribution in [3.05, 3.63) is 41.0 Å². The lowest BCUT2D eigenvalue weighted by molar-refractivity contribution is 0.259. The van der Waals surface area contributed by atoms with Gasteiger partial charge in [0.1, 0.15) is 11.6 Å². The molecular weight excluding hydrogens is 435 g/mol.